The maximum absolute atomic E-state index is 12.2. The van der Waals surface area contributed by atoms with Gasteiger partial charge in [0.25, 0.3) is 0 Å². The number of methoxy groups -OCH3 is 2. The van der Waals surface area contributed by atoms with Crippen LogP contribution in [0.15, 0.2) is 48.5 Å². The molecule has 5 nitrogen and oxygen atoms in total. The molecule has 0 aromatic heterocycles. The largest absolute Gasteiger partial charge is 0.497 e. The molecular weight excluding hydrogens is 354 g/mol. The molecule has 0 radical (unpaired) electrons. The first kappa shape index (κ1) is 19.7. The van der Waals surface area contributed by atoms with E-state index in [1.807, 2.05) is 24.3 Å². The van der Waals surface area contributed by atoms with Crippen molar-refractivity contribution < 1.29 is 19.0 Å². The van der Waals surface area contributed by atoms with Gasteiger partial charge in [0.05, 0.1) is 20.8 Å². The second-order valence-corrected chi connectivity index (χ2v) is 5.94. The molecule has 0 bridgehead atoms. The number of rotatable bonds is 8. The zero-order valence-electron chi connectivity index (χ0n) is 15.1. The molecule has 2 aromatic carbocycles. The summed E-state index contributed by atoms with van der Waals surface area (Å²) in [4.78, 5) is 13.8. The molecule has 0 N–H and O–H groups in total. The summed E-state index contributed by atoms with van der Waals surface area (Å²) in [6, 6.07) is 12.6. The Bertz CT molecular complexity index is 776. The zero-order chi connectivity index (χ0) is 18.9. The highest BCUT2D eigenvalue weighted by Gasteiger charge is 2.07. The van der Waals surface area contributed by atoms with Crippen LogP contribution in [0.1, 0.15) is 5.56 Å². The molecule has 26 heavy (non-hydrogen) atoms. The highest BCUT2D eigenvalue weighted by Crippen LogP contribution is 2.25. The van der Waals surface area contributed by atoms with Gasteiger partial charge in [-0.25, -0.2) is 0 Å². The number of hydrogen-bond acceptors (Lipinski definition) is 4. The lowest BCUT2D eigenvalue weighted by Crippen LogP contribution is -2.29. The van der Waals surface area contributed by atoms with Crippen LogP contribution in [0.4, 0.5) is 0 Å². The van der Waals surface area contributed by atoms with Gasteiger partial charge in [0.1, 0.15) is 23.9 Å². The van der Waals surface area contributed by atoms with Gasteiger partial charge in [-0.15, -0.1) is 0 Å². The number of carbonyl (C=O) groups excluding carboxylic acids is 1. The Balaban J connectivity index is 1.89. The van der Waals surface area contributed by atoms with Crippen molar-refractivity contribution in [1.82, 2.24) is 4.90 Å². The van der Waals surface area contributed by atoms with E-state index in [-0.39, 0.29) is 5.91 Å². The highest BCUT2D eigenvalue weighted by atomic mass is 35.5. The molecule has 0 aliphatic rings. The summed E-state index contributed by atoms with van der Waals surface area (Å²) < 4.78 is 16.1. The van der Waals surface area contributed by atoms with Crippen molar-refractivity contribution in [1.29, 1.82) is 0 Å². The third-order valence-corrected chi connectivity index (χ3v) is 3.95. The van der Waals surface area contributed by atoms with Gasteiger partial charge in [-0.2, -0.15) is 0 Å². The summed E-state index contributed by atoms with van der Waals surface area (Å²) >= 11 is 5.91. The van der Waals surface area contributed by atoms with Gasteiger partial charge in [0.15, 0.2) is 0 Å². The van der Waals surface area contributed by atoms with Crippen LogP contribution in [0.2, 0.25) is 5.02 Å². The molecule has 0 spiro atoms. The zero-order valence-corrected chi connectivity index (χ0v) is 15.8. The van der Waals surface area contributed by atoms with Crippen LogP contribution in [0, 0.1) is 0 Å². The number of likely N-dealkylation sites (N-methyl/N-ethyl adjacent to an activating group) is 1. The molecule has 0 saturated heterocycles. The van der Waals surface area contributed by atoms with Crippen molar-refractivity contribution in [2.75, 3.05) is 34.4 Å². The summed E-state index contributed by atoms with van der Waals surface area (Å²) in [5.74, 6) is 1.88. The molecule has 2 rings (SSSR count). The summed E-state index contributed by atoms with van der Waals surface area (Å²) in [6.45, 7) is 0.831. The SMILES string of the molecule is COc1ccc(/C=C/C(=O)N(C)CCOc2cccc(Cl)c2)c(OC)c1. The van der Waals surface area contributed by atoms with E-state index in [9.17, 15) is 4.79 Å². The number of nitrogens with zero attached hydrogens (tertiary/aromatic N) is 1. The van der Waals surface area contributed by atoms with E-state index in [1.165, 1.54) is 6.08 Å². The Morgan fingerprint density at radius 3 is 2.62 bits per heavy atom. The third-order valence-electron chi connectivity index (χ3n) is 3.71. The molecule has 0 unspecified atom stereocenters. The Labute approximate surface area is 158 Å². The van der Waals surface area contributed by atoms with Crippen LogP contribution in [-0.4, -0.2) is 45.2 Å². The fourth-order valence-corrected chi connectivity index (χ4v) is 2.39. The van der Waals surface area contributed by atoms with Gasteiger partial charge in [-0.05, 0) is 36.4 Å². The molecule has 0 aliphatic heterocycles. The second kappa shape index (κ2) is 9.73. The summed E-state index contributed by atoms with van der Waals surface area (Å²) in [5.41, 5.74) is 0.797. The van der Waals surface area contributed by atoms with E-state index in [0.717, 1.165) is 5.56 Å². The molecule has 2 aromatic rings. The van der Waals surface area contributed by atoms with Crippen LogP contribution in [-0.2, 0) is 4.79 Å². The van der Waals surface area contributed by atoms with Gasteiger partial charge in [-0.3, -0.25) is 4.79 Å². The number of benzene rings is 2. The lowest BCUT2D eigenvalue weighted by Gasteiger charge is -2.15. The minimum atomic E-state index is -0.127. The third kappa shape index (κ3) is 5.70. The molecule has 0 aliphatic carbocycles. The Hall–Kier alpha value is -2.66. The summed E-state index contributed by atoms with van der Waals surface area (Å²) in [5, 5.41) is 0.614. The average Bonchev–Trinajstić information content (AvgIpc) is 2.65. The van der Waals surface area contributed by atoms with Crippen LogP contribution >= 0.6 is 11.6 Å². The Morgan fingerprint density at radius 1 is 1.12 bits per heavy atom. The topological polar surface area (TPSA) is 48.0 Å². The first-order valence-electron chi connectivity index (χ1n) is 8.07. The maximum atomic E-state index is 12.2. The van der Waals surface area contributed by atoms with Crippen molar-refractivity contribution in [3.63, 3.8) is 0 Å². The number of carbonyl (C=O) groups is 1. The van der Waals surface area contributed by atoms with Gasteiger partial charge in [0.2, 0.25) is 5.91 Å². The number of halogens is 1. The predicted molar refractivity (Wildman–Crippen MR) is 103 cm³/mol. The van der Waals surface area contributed by atoms with Gasteiger partial charge >= 0.3 is 0 Å². The molecule has 0 atom stereocenters. The quantitative estimate of drug-likeness (QED) is 0.656. The van der Waals surface area contributed by atoms with Crippen molar-refractivity contribution in [2.45, 2.75) is 0 Å². The van der Waals surface area contributed by atoms with E-state index in [2.05, 4.69) is 0 Å². The highest BCUT2D eigenvalue weighted by molar-refractivity contribution is 6.30. The van der Waals surface area contributed by atoms with E-state index >= 15 is 0 Å². The first-order valence-corrected chi connectivity index (χ1v) is 8.45. The van der Waals surface area contributed by atoms with E-state index in [1.54, 1.807) is 50.4 Å². The van der Waals surface area contributed by atoms with Crippen molar-refractivity contribution >= 4 is 23.6 Å². The molecule has 1 amide bonds. The minimum Gasteiger partial charge on any atom is -0.497 e. The second-order valence-electron chi connectivity index (χ2n) is 5.51. The standard InChI is InChI=1S/C20H22ClNO4/c1-22(11-12-26-18-6-4-5-16(21)13-18)20(23)10-8-15-7-9-17(24-2)14-19(15)25-3/h4-10,13-14H,11-12H2,1-3H3/b10-8+. The summed E-state index contributed by atoms with van der Waals surface area (Å²) in [7, 11) is 4.89. The molecule has 0 fully saturated rings. The molecule has 0 saturated carbocycles. The molecule has 6 heteroatoms. The molecule has 0 heterocycles. The van der Waals surface area contributed by atoms with Crippen LogP contribution < -0.4 is 14.2 Å². The van der Waals surface area contributed by atoms with E-state index in [4.69, 9.17) is 25.8 Å². The lowest BCUT2D eigenvalue weighted by molar-refractivity contribution is -0.125. The Kier molecular flexibility index (Phi) is 7.36. The van der Waals surface area contributed by atoms with Gasteiger partial charge < -0.3 is 19.1 Å². The van der Waals surface area contributed by atoms with Crippen molar-refractivity contribution in [3.05, 3.63) is 59.1 Å². The fourth-order valence-electron chi connectivity index (χ4n) is 2.21. The number of amides is 1. The normalized spacial score (nSPS) is 10.6. The van der Waals surface area contributed by atoms with Gasteiger partial charge in [-0.1, -0.05) is 17.7 Å². The fraction of sp³-hybridized carbons (Fsp3) is 0.250. The maximum Gasteiger partial charge on any atom is 0.246 e. The van der Waals surface area contributed by atoms with Crippen molar-refractivity contribution in [2.24, 2.45) is 0 Å². The van der Waals surface area contributed by atoms with Crippen LogP contribution in [0.25, 0.3) is 6.08 Å². The van der Waals surface area contributed by atoms with Gasteiger partial charge in [0, 0.05) is 29.8 Å². The first-order chi connectivity index (χ1) is 12.5. The lowest BCUT2D eigenvalue weighted by atomic mass is 10.1. The van der Waals surface area contributed by atoms with Crippen LogP contribution in [0.3, 0.4) is 0 Å². The number of ether oxygens (including phenoxy) is 3. The number of hydrogen-bond donors (Lipinski definition) is 0. The van der Waals surface area contributed by atoms with Crippen LogP contribution in [0.5, 0.6) is 17.2 Å². The van der Waals surface area contributed by atoms with Crippen molar-refractivity contribution in [3.8, 4) is 17.2 Å². The Morgan fingerprint density at radius 2 is 1.92 bits per heavy atom. The monoisotopic (exact) mass is 375 g/mol. The molecule has 138 valence electrons. The van der Waals surface area contributed by atoms with E-state index < -0.39 is 0 Å². The summed E-state index contributed by atoms with van der Waals surface area (Å²) in [6.07, 6.45) is 3.22. The predicted octanol–water partition coefficient (Wildman–Crippen LogP) is 3.91. The molecular formula is C20H22ClNO4. The smallest absolute Gasteiger partial charge is 0.246 e. The average molecular weight is 376 g/mol. The van der Waals surface area contributed by atoms with E-state index in [0.29, 0.717) is 35.4 Å². The minimum absolute atomic E-state index is 0.127.